The van der Waals surface area contributed by atoms with Gasteiger partial charge < -0.3 is 15.4 Å². The predicted molar refractivity (Wildman–Crippen MR) is 98.0 cm³/mol. The Bertz CT molecular complexity index is 678. The maximum Gasteiger partial charge on any atom is 0.256 e. The van der Waals surface area contributed by atoms with Gasteiger partial charge in [-0.1, -0.05) is 12.1 Å². The van der Waals surface area contributed by atoms with Crippen LogP contribution in [0.1, 0.15) is 15.9 Å². The fraction of sp³-hybridized carbons (Fsp3) is 0.375. The number of rotatable bonds is 3. The van der Waals surface area contributed by atoms with Crippen molar-refractivity contribution < 1.29 is 9.53 Å². The molecule has 2 N–H and O–H groups in total. The Labute approximate surface area is 153 Å². The number of carbonyl (C=O) groups is 1. The molecule has 1 saturated heterocycles. The van der Waals surface area contributed by atoms with Crippen LogP contribution in [0, 0.1) is 6.92 Å². The van der Waals surface area contributed by atoms with Crippen molar-refractivity contribution in [3.63, 3.8) is 0 Å². The minimum Gasteiger partial charge on any atom is -0.398 e. The molecule has 0 radical (unpaired) electrons. The number of para-hydroxylation sites is 1. The van der Waals surface area contributed by atoms with Crippen LogP contribution in [-0.4, -0.2) is 46.4 Å². The molecule has 1 aromatic carbocycles. The number of ether oxygens (including phenoxy) is 1. The van der Waals surface area contributed by atoms with E-state index >= 15 is 0 Å². The van der Waals surface area contributed by atoms with E-state index in [1.54, 1.807) is 17.0 Å². The third-order valence-corrected chi connectivity index (χ3v) is 3.77. The van der Waals surface area contributed by atoms with Crippen molar-refractivity contribution in [3.8, 4) is 0 Å². The number of aryl methyl sites for hydroxylation is 1. The van der Waals surface area contributed by atoms with Crippen LogP contribution in [0.5, 0.6) is 0 Å². The topological polar surface area (TPSA) is 73.4 Å². The van der Waals surface area contributed by atoms with Gasteiger partial charge in [-0.25, -0.2) is 0 Å². The first-order valence-corrected chi connectivity index (χ1v) is 7.38. The van der Waals surface area contributed by atoms with E-state index in [1.807, 2.05) is 36.1 Å². The number of carbonyl (C=O) groups excluding carboxylic acids is 1. The van der Waals surface area contributed by atoms with Gasteiger partial charge in [-0.05, 0) is 24.6 Å². The number of nitrogens with two attached hydrogens (primary N) is 1. The van der Waals surface area contributed by atoms with E-state index in [2.05, 4.69) is 5.10 Å². The summed E-state index contributed by atoms with van der Waals surface area (Å²) in [7, 11) is 0. The molecule has 1 amide bonds. The molecule has 8 heteroatoms. The molecular formula is C16H22Cl2N4O2. The van der Waals surface area contributed by atoms with Gasteiger partial charge in [0.25, 0.3) is 5.91 Å². The lowest BCUT2D eigenvalue weighted by molar-refractivity contribution is -0.0299. The Hall–Kier alpha value is -1.76. The van der Waals surface area contributed by atoms with Gasteiger partial charge in [0.1, 0.15) is 0 Å². The van der Waals surface area contributed by atoms with E-state index in [0.29, 0.717) is 37.5 Å². The van der Waals surface area contributed by atoms with Gasteiger partial charge in [0.2, 0.25) is 0 Å². The highest BCUT2D eigenvalue weighted by atomic mass is 35.5. The summed E-state index contributed by atoms with van der Waals surface area (Å²) >= 11 is 0. The Morgan fingerprint density at radius 2 is 2.12 bits per heavy atom. The zero-order valence-electron chi connectivity index (χ0n) is 13.4. The molecule has 1 aliphatic heterocycles. The van der Waals surface area contributed by atoms with Crippen LogP contribution >= 0.6 is 24.8 Å². The molecule has 2 heterocycles. The van der Waals surface area contributed by atoms with E-state index in [-0.39, 0.29) is 36.8 Å². The van der Waals surface area contributed by atoms with Crippen LogP contribution < -0.4 is 5.73 Å². The second-order valence-electron chi connectivity index (χ2n) is 5.57. The van der Waals surface area contributed by atoms with Crippen LogP contribution in [0.3, 0.4) is 0 Å². The summed E-state index contributed by atoms with van der Waals surface area (Å²) in [5, 5.41) is 4.27. The Morgan fingerprint density at radius 3 is 2.79 bits per heavy atom. The van der Waals surface area contributed by atoms with Gasteiger partial charge in [-0.2, -0.15) is 5.10 Å². The average molecular weight is 373 g/mol. The number of aromatic nitrogens is 2. The molecule has 24 heavy (non-hydrogen) atoms. The third-order valence-electron chi connectivity index (χ3n) is 3.77. The first kappa shape index (κ1) is 20.3. The summed E-state index contributed by atoms with van der Waals surface area (Å²) in [5.41, 5.74) is 8.07. The molecule has 0 bridgehead atoms. The number of hydrogen-bond acceptors (Lipinski definition) is 4. The van der Waals surface area contributed by atoms with Crippen LogP contribution in [0.2, 0.25) is 0 Å². The van der Waals surface area contributed by atoms with E-state index < -0.39 is 0 Å². The molecule has 0 saturated carbocycles. The highest BCUT2D eigenvalue weighted by Crippen LogP contribution is 2.16. The fourth-order valence-corrected chi connectivity index (χ4v) is 2.65. The largest absolute Gasteiger partial charge is 0.398 e. The Morgan fingerprint density at radius 1 is 1.38 bits per heavy atom. The lowest BCUT2D eigenvalue weighted by Gasteiger charge is -2.33. The number of anilines is 1. The summed E-state index contributed by atoms with van der Waals surface area (Å²) in [6.45, 7) is 4.30. The first-order chi connectivity index (χ1) is 10.6. The third kappa shape index (κ3) is 4.63. The highest BCUT2D eigenvalue weighted by molar-refractivity contribution is 5.99. The van der Waals surface area contributed by atoms with Crippen LogP contribution in [0.25, 0.3) is 0 Å². The number of nitrogens with zero attached hydrogens (tertiary/aromatic N) is 3. The van der Waals surface area contributed by atoms with Gasteiger partial charge in [0.15, 0.2) is 0 Å². The van der Waals surface area contributed by atoms with E-state index in [4.69, 9.17) is 10.5 Å². The summed E-state index contributed by atoms with van der Waals surface area (Å²) in [6.07, 6.45) is 3.73. The van der Waals surface area contributed by atoms with Gasteiger partial charge in [-0.15, -0.1) is 24.8 Å². The van der Waals surface area contributed by atoms with Gasteiger partial charge >= 0.3 is 0 Å². The Kier molecular flexibility index (Phi) is 7.54. The minimum absolute atomic E-state index is 0. The molecule has 6 nitrogen and oxygen atoms in total. The maximum atomic E-state index is 12.6. The summed E-state index contributed by atoms with van der Waals surface area (Å²) in [4.78, 5) is 14.4. The number of nitrogen functional groups attached to an aromatic ring is 1. The standard InChI is InChI=1S/C16H20N4O2.2ClH/c1-12-8-18-20(9-12)11-13-10-19(6-7-22-13)16(21)14-4-2-3-5-15(14)17;;/h2-5,8-9,13H,6-7,10-11,17H2,1H3;2*1H. The average Bonchev–Trinajstić information content (AvgIpc) is 2.92. The molecule has 1 fully saturated rings. The monoisotopic (exact) mass is 372 g/mol. The van der Waals surface area contributed by atoms with Crippen molar-refractivity contribution >= 4 is 36.4 Å². The summed E-state index contributed by atoms with van der Waals surface area (Å²) in [5.74, 6) is -0.0388. The molecule has 0 aliphatic carbocycles. The number of benzene rings is 1. The van der Waals surface area contributed by atoms with Crippen molar-refractivity contribution in [2.45, 2.75) is 19.6 Å². The molecule has 1 aromatic heterocycles. The summed E-state index contributed by atoms with van der Waals surface area (Å²) < 4.78 is 7.60. The molecule has 0 spiro atoms. The van der Waals surface area contributed by atoms with E-state index in [1.165, 1.54) is 0 Å². The Balaban J connectivity index is 0.00000144. The molecule has 3 rings (SSSR count). The second-order valence-corrected chi connectivity index (χ2v) is 5.57. The van der Waals surface area contributed by atoms with Crippen molar-refractivity contribution in [3.05, 3.63) is 47.8 Å². The van der Waals surface area contributed by atoms with E-state index in [9.17, 15) is 4.79 Å². The SMILES string of the molecule is Cc1cnn(CC2CN(C(=O)c3ccccc3N)CCO2)c1.Cl.Cl. The van der Waals surface area contributed by atoms with Gasteiger partial charge in [0.05, 0.1) is 31.0 Å². The van der Waals surface area contributed by atoms with Gasteiger partial charge in [-0.3, -0.25) is 9.48 Å². The molecule has 1 aliphatic rings. The van der Waals surface area contributed by atoms with Crippen molar-refractivity contribution in [2.75, 3.05) is 25.4 Å². The van der Waals surface area contributed by atoms with Crippen molar-refractivity contribution in [1.29, 1.82) is 0 Å². The fourth-order valence-electron chi connectivity index (χ4n) is 2.65. The van der Waals surface area contributed by atoms with E-state index in [0.717, 1.165) is 5.56 Å². The lowest BCUT2D eigenvalue weighted by atomic mass is 10.1. The quantitative estimate of drug-likeness (QED) is 0.837. The molecule has 1 atom stereocenters. The van der Waals surface area contributed by atoms with Crippen molar-refractivity contribution in [2.24, 2.45) is 0 Å². The maximum absolute atomic E-state index is 12.6. The van der Waals surface area contributed by atoms with Gasteiger partial charge in [0, 0.05) is 25.0 Å². The predicted octanol–water partition coefficient (Wildman–Crippen LogP) is 2.16. The first-order valence-electron chi connectivity index (χ1n) is 7.38. The second kappa shape index (κ2) is 8.92. The number of amides is 1. The lowest BCUT2D eigenvalue weighted by Crippen LogP contribution is -2.47. The number of hydrogen-bond donors (Lipinski definition) is 1. The molecule has 2 aromatic rings. The highest BCUT2D eigenvalue weighted by Gasteiger charge is 2.26. The molecule has 132 valence electrons. The van der Waals surface area contributed by atoms with Crippen LogP contribution in [-0.2, 0) is 11.3 Å². The smallest absolute Gasteiger partial charge is 0.256 e. The minimum atomic E-state index is -0.0538. The summed E-state index contributed by atoms with van der Waals surface area (Å²) in [6, 6.07) is 7.17. The zero-order chi connectivity index (χ0) is 15.5. The number of morpholine rings is 1. The van der Waals surface area contributed by atoms with Crippen LogP contribution in [0.4, 0.5) is 5.69 Å². The molecular weight excluding hydrogens is 351 g/mol. The van der Waals surface area contributed by atoms with Crippen molar-refractivity contribution in [1.82, 2.24) is 14.7 Å². The number of halogens is 2. The normalized spacial score (nSPS) is 16.9. The molecule has 1 unspecified atom stereocenters. The van der Waals surface area contributed by atoms with Crippen LogP contribution in [0.15, 0.2) is 36.7 Å². The zero-order valence-corrected chi connectivity index (χ0v) is 15.1.